The number of imidazole rings is 1. The summed E-state index contributed by atoms with van der Waals surface area (Å²) < 4.78 is 5.52. The molecule has 0 aliphatic carbocycles. The number of aromatic nitrogens is 2. The van der Waals surface area contributed by atoms with Gasteiger partial charge < -0.3 is 9.72 Å². The molecule has 0 saturated heterocycles. The van der Waals surface area contributed by atoms with E-state index in [0.717, 1.165) is 5.56 Å². The first-order valence-corrected chi connectivity index (χ1v) is 8.25. The van der Waals surface area contributed by atoms with Gasteiger partial charge in [0.05, 0.1) is 22.1 Å². The van der Waals surface area contributed by atoms with E-state index in [2.05, 4.69) is 9.97 Å². The van der Waals surface area contributed by atoms with E-state index in [1.165, 1.54) is 6.07 Å². The molecule has 1 N–H and O–H groups in total. The number of allylic oxidation sites excluding steroid dienone is 2. The van der Waals surface area contributed by atoms with Crippen LogP contribution in [-0.4, -0.2) is 14.9 Å². The maximum Gasteiger partial charge on any atom is 0.273 e. The lowest BCUT2D eigenvalue weighted by atomic mass is 9.86. The van der Waals surface area contributed by atoms with E-state index in [1.807, 2.05) is 42.5 Å². The molecule has 134 valence electrons. The number of H-pyrrole nitrogens is 1. The van der Waals surface area contributed by atoms with E-state index in [-0.39, 0.29) is 28.5 Å². The van der Waals surface area contributed by atoms with E-state index in [0.29, 0.717) is 11.5 Å². The Balaban J connectivity index is 1.96. The maximum atomic E-state index is 11.5. The number of fused-ring (bicyclic) bond motifs is 1. The highest BCUT2D eigenvalue weighted by atomic mass is 16.6. The van der Waals surface area contributed by atoms with Crippen LogP contribution in [0.25, 0.3) is 11.4 Å². The molecule has 1 aliphatic heterocycles. The molecule has 1 aromatic heterocycles. The minimum atomic E-state index is -0.866. The fourth-order valence-electron chi connectivity index (χ4n) is 3.21. The summed E-state index contributed by atoms with van der Waals surface area (Å²) in [5.41, 5.74) is 1.29. The number of nitriles is 2. The second-order valence-electron chi connectivity index (χ2n) is 5.99. The van der Waals surface area contributed by atoms with Crippen molar-refractivity contribution < 1.29 is 9.66 Å². The van der Waals surface area contributed by atoms with Gasteiger partial charge in [0.25, 0.3) is 5.69 Å². The van der Waals surface area contributed by atoms with Gasteiger partial charge in [0.2, 0.25) is 11.6 Å². The molecule has 1 aliphatic rings. The molecule has 8 nitrogen and oxygen atoms in total. The Kier molecular flexibility index (Phi) is 4.07. The number of aromatic amines is 1. The number of ether oxygens (including phenoxy) is 1. The average Bonchev–Trinajstić information content (AvgIpc) is 3.16. The third-order valence-corrected chi connectivity index (χ3v) is 4.43. The predicted molar refractivity (Wildman–Crippen MR) is 97.8 cm³/mol. The molecule has 0 amide bonds. The predicted octanol–water partition coefficient (Wildman–Crippen LogP) is 3.81. The topological polar surface area (TPSA) is 129 Å². The van der Waals surface area contributed by atoms with Crippen LogP contribution in [0.3, 0.4) is 0 Å². The Morgan fingerprint density at radius 1 is 1.07 bits per heavy atom. The largest absolute Gasteiger partial charge is 0.425 e. The second kappa shape index (κ2) is 6.71. The Morgan fingerprint density at radius 3 is 2.46 bits per heavy atom. The van der Waals surface area contributed by atoms with Gasteiger partial charge in [-0.05, 0) is 0 Å². The summed E-state index contributed by atoms with van der Waals surface area (Å²) >= 11 is 0. The first kappa shape index (κ1) is 17.0. The number of nitro groups is 1. The van der Waals surface area contributed by atoms with E-state index in [4.69, 9.17) is 4.74 Å². The molecule has 1 atom stereocenters. The van der Waals surface area contributed by atoms with Crippen LogP contribution in [0.15, 0.2) is 65.9 Å². The van der Waals surface area contributed by atoms with Gasteiger partial charge in [-0.25, -0.2) is 0 Å². The molecule has 0 fully saturated rings. The molecule has 0 radical (unpaired) electrons. The third-order valence-electron chi connectivity index (χ3n) is 4.43. The van der Waals surface area contributed by atoms with Crippen molar-refractivity contribution in [2.24, 2.45) is 0 Å². The molecule has 0 spiro atoms. The lowest BCUT2D eigenvalue weighted by Gasteiger charge is -2.21. The summed E-state index contributed by atoms with van der Waals surface area (Å²) in [5.74, 6) is -0.484. The summed E-state index contributed by atoms with van der Waals surface area (Å²) in [7, 11) is 0. The SMILES string of the molecule is N#CC1=C(C#N)C(c2ccccc2[N+](=O)[O-])c2[nH]c(-c3ccccc3)nc2O1. The van der Waals surface area contributed by atoms with Gasteiger partial charge in [0.15, 0.2) is 0 Å². The monoisotopic (exact) mass is 369 g/mol. The lowest BCUT2D eigenvalue weighted by molar-refractivity contribution is -0.385. The Morgan fingerprint density at radius 2 is 1.79 bits per heavy atom. The second-order valence-corrected chi connectivity index (χ2v) is 5.99. The van der Waals surface area contributed by atoms with Gasteiger partial charge in [0.1, 0.15) is 18.0 Å². The highest BCUT2D eigenvalue weighted by Gasteiger charge is 2.38. The smallest absolute Gasteiger partial charge is 0.273 e. The van der Waals surface area contributed by atoms with Crippen molar-refractivity contribution in [3.05, 3.63) is 87.3 Å². The quantitative estimate of drug-likeness (QED) is 0.552. The van der Waals surface area contributed by atoms with Crippen LogP contribution in [0.4, 0.5) is 5.69 Å². The fraction of sp³-hybridized carbons (Fsp3) is 0.0500. The molecule has 8 heteroatoms. The highest BCUT2D eigenvalue weighted by Crippen LogP contribution is 2.45. The van der Waals surface area contributed by atoms with Gasteiger partial charge in [0, 0.05) is 17.2 Å². The van der Waals surface area contributed by atoms with Crippen LogP contribution in [0, 0.1) is 32.8 Å². The molecule has 2 heterocycles. The van der Waals surface area contributed by atoms with E-state index < -0.39 is 10.8 Å². The molecule has 28 heavy (non-hydrogen) atoms. The standard InChI is InChI=1S/C20H11N5O3/c21-10-14-16(11-22)28-20-18(23-19(24-20)12-6-2-1-3-7-12)17(14)13-8-4-5-9-15(13)25(26)27/h1-9,17H,(H,23,24). The minimum Gasteiger partial charge on any atom is -0.425 e. The van der Waals surface area contributed by atoms with E-state index in [9.17, 15) is 20.6 Å². The van der Waals surface area contributed by atoms with Crippen molar-refractivity contribution in [2.45, 2.75) is 5.92 Å². The Labute approximate surface area is 159 Å². The van der Waals surface area contributed by atoms with Crippen LogP contribution in [0.2, 0.25) is 0 Å². The molecule has 0 saturated carbocycles. The zero-order valence-corrected chi connectivity index (χ0v) is 14.3. The Bertz CT molecular complexity index is 1200. The fourth-order valence-corrected chi connectivity index (χ4v) is 3.21. The minimum absolute atomic E-state index is 0.00689. The average molecular weight is 369 g/mol. The Hall–Kier alpha value is -4.43. The molecule has 3 aromatic rings. The number of hydrogen-bond donors (Lipinski definition) is 1. The van der Waals surface area contributed by atoms with Crippen LogP contribution in [-0.2, 0) is 0 Å². The van der Waals surface area contributed by atoms with E-state index >= 15 is 0 Å². The summed E-state index contributed by atoms with van der Waals surface area (Å²) in [6.07, 6.45) is 0. The number of nitrogens with one attached hydrogen (secondary N) is 1. The molecule has 1 unspecified atom stereocenters. The van der Waals surface area contributed by atoms with Crippen molar-refractivity contribution in [3.63, 3.8) is 0 Å². The third kappa shape index (κ3) is 2.66. The zero-order chi connectivity index (χ0) is 19.7. The van der Waals surface area contributed by atoms with Crippen LogP contribution < -0.4 is 4.74 Å². The summed E-state index contributed by atoms with van der Waals surface area (Å²) in [4.78, 5) is 18.5. The summed E-state index contributed by atoms with van der Waals surface area (Å²) in [6.45, 7) is 0. The number of nitro benzene ring substituents is 1. The maximum absolute atomic E-state index is 11.5. The van der Waals surface area contributed by atoms with Gasteiger partial charge >= 0.3 is 0 Å². The molecule has 2 aromatic carbocycles. The van der Waals surface area contributed by atoms with Crippen molar-refractivity contribution in [3.8, 4) is 29.4 Å². The first-order valence-electron chi connectivity index (χ1n) is 8.25. The number of nitrogens with zero attached hydrogens (tertiary/aromatic N) is 4. The zero-order valence-electron chi connectivity index (χ0n) is 14.3. The van der Waals surface area contributed by atoms with Gasteiger partial charge in [-0.3, -0.25) is 10.1 Å². The lowest BCUT2D eigenvalue weighted by Crippen LogP contribution is -2.16. The number of benzene rings is 2. The van der Waals surface area contributed by atoms with Gasteiger partial charge in [-0.1, -0.05) is 48.5 Å². The number of para-hydroxylation sites is 1. The van der Waals surface area contributed by atoms with Crippen molar-refractivity contribution in [1.82, 2.24) is 9.97 Å². The number of hydrogen-bond acceptors (Lipinski definition) is 6. The van der Waals surface area contributed by atoms with Crippen molar-refractivity contribution in [1.29, 1.82) is 10.5 Å². The molecular formula is C20H11N5O3. The van der Waals surface area contributed by atoms with Gasteiger partial charge in [-0.2, -0.15) is 15.5 Å². The molecule has 4 rings (SSSR count). The number of rotatable bonds is 3. The normalized spacial score (nSPS) is 15.1. The summed E-state index contributed by atoms with van der Waals surface area (Å²) in [6, 6.07) is 19.2. The van der Waals surface area contributed by atoms with Crippen LogP contribution in [0.1, 0.15) is 17.2 Å². The van der Waals surface area contributed by atoms with Gasteiger partial charge in [-0.15, -0.1) is 0 Å². The molecular weight excluding hydrogens is 358 g/mol. The van der Waals surface area contributed by atoms with E-state index in [1.54, 1.807) is 18.2 Å². The van der Waals surface area contributed by atoms with Crippen LogP contribution >= 0.6 is 0 Å². The highest BCUT2D eigenvalue weighted by molar-refractivity contribution is 5.63. The van der Waals surface area contributed by atoms with Crippen molar-refractivity contribution >= 4 is 5.69 Å². The van der Waals surface area contributed by atoms with Crippen LogP contribution in [0.5, 0.6) is 5.88 Å². The summed E-state index contributed by atoms with van der Waals surface area (Å²) in [5, 5.41) is 30.6. The van der Waals surface area contributed by atoms with Crippen molar-refractivity contribution in [2.75, 3.05) is 0 Å². The first-order chi connectivity index (χ1) is 13.6. The molecule has 0 bridgehead atoms.